The Balaban J connectivity index is 2.26. The van der Waals surface area contributed by atoms with E-state index in [0.29, 0.717) is 23.8 Å². The quantitative estimate of drug-likeness (QED) is 0.637. The molecule has 0 fully saturated rings. The predicted molar refractivity (Wildman–Crippen MR) is 72.9 cm³/mol. The molecule has 3 N–H and O–H groups in total. The van der Waals surface area contributed by atoms with E-state index < -0.39 is 0 Å². The summed E-state index contributed by atoms with van der Waals surface area (Å²) in [4.78, 5) is 4.03. The van der Waals surface area contributed by atoms with Crippen molar-refractivity contribution in [2.24, 2.45) is 5.73 Å². The van der Waals surface area contributed by atoms with Crippen molar-refractivity contribution in [3.8, 4) is 17.2 Å². The van der Waals surface area contributed by atoms with Crippen LogP contribution in [0.3, 0.4) is 0 Å². The fourth-order valence-corrected chi connectivity index (χ4v) is 1.60. The minimum Gasteiger partial charge on any atom is -0.494 e. The van der Waals surface area contributed by atoms with E-state index >= 15 is 0 Å². The van der Waals surface area contributed by atoms with E-state index in [1.165, 1.54) is 0 Å². The van der Waals surface area contributed by atoms with Crippen molar-refractivity contribution in [1.82, 2.24) is 4.98 Å². The molecule has 0 amide bonds. The van der Waals surface area contributed by atoms with E-state index in [4.69, 9.17) is 20.6 Å². The second-order valence-corrected chi connectivity index (χ2v) is 3.77. The number of nitrogens with one attached hydrogen (secondary N) is 1. The minimum absolute atomic E-state index is 0.128. The lowest BCUT2D eigenvalue weighted by molar-refractivity contribution is 0.338. The first-order valence-corrected chi connectivity index (χ1v) is 5.91. The van der Waals surface area contributed by atoms with E-state index in [2.05, 4.69) is 4.98 Å². The number of amidine groups is 1. The van der Waals surface area contributed by atoms with E-state index in [0.717, 1.165) is 5.75 Å². The summed E-state index contributed by atoms with van der Waals surface area (Å²) in [6.45, 7) is 2.51. The van der Waals surface area contributed by atoms with Crippen LogP contribution in [0.2, 0.25) is 0 Å². The van der Waals surface area contributed by atoms with Crippen molar-refractivity contribution in [3.05, 3.63) is 48.3 Å². The molecule has 0 aliphatic rings. The summed E-state index contributed by atoms with van der Waals surface area (Å²) in [5.41, 5.74) is 5.79. The van der Waals surface area contributed by atoms with Crippen LogP contribution in [0, 0.1) is 5.41 Å². The third-order valence-corrected chi connectivity index (χ3v) is 2.37. The molecule has 0 aliphatic carbocycles. The van der Waals surface area contributed by atoms with Gasteiger partial charge in [0.1, 0.15) is 23.0 Å². The molecule has 0 unspecified atom stereocenters. The molecule has 0 aliphatic heterocycles. The zero-order valence-electron chi connectivity index (χ0n) is 10.6. The maximum Gasteiger partial charge on any atom is 0.156 e. The predicted octanol–water partition coefficient (Wildman–Crippen LogP) is 2.56. The van der Waals surface area contributed by atoms with E-state index in [1.807, 2.05) is 19.1 Å². The molecule has 5 heteroatoms. The van der Waals surface area contributed by atoms with Crippen LogP contribution in [0.15, 0.2) is 42.6 Å². The first-order chi connectivity index (χ1) is 9.20. The number of hydrogen-bond acceptors (Lipinski definition) is 4. The summed E-state index contributed by atoms with van der Waals surface area (Å²) >= 11 is 0. The number of ether oxygens (including phenoxy) is 2. The maximum absolute atomic E-state index is 7.46. The van der Waals surface area contributed by atoms with Gasteiger partial charge in [0.05, 0.1) is 6.61 Å². The van der Waals surface area contributed by atoms with Gasteiger partial charge in [0, 0.05) is 12.3 Å². The van der Waals surface area contributed by atoms with Crippen LogP contribution in [0.1, 0.15) is 12.6 Å². The van der Waals surface area contributed by atoms with Gasteiger partial charge < -0.3 is 15.2 Å². The molecule has 0 saturated carbocycles. The molecule has 1 aromatic heterocycles. The van der Waals surface area contributed by atoms with E-state index in [-0.39, 0.29) is 5.84 Å². The lowest BCUT2D eigenvalue weighted by Crippen LogP contribution is -2.14. The third kappa shape index (κ3) is 3.22. The summed E-state index contributed by atoms with van der Waals surface area (Å²) in [5, 5.41) is 7.46. The summed E-state index contributed by atoms with van der Waals surface area (Å²) in [7, 11) is 0. The molecule has 2 aromatic rings. The van der Waals surface area contributed by atoms with Crippen molar-refractivity contribution < 1.29 is 9.47 Å². The molecular formula is C14H15N3O2. The number of nitrogen functional groups attached to an aromatic ring is 1. The Bertz CT molecular complexity index is 584. The molecule has 19 heavy (non-hydrogen) atoms. The van der Waals surface area contributed by atoms with Gasteiger partial charge in [-0.15, -0.1) is 0 Å². The fraction of sp³-hybridized carbons (Fsp3) is 0.143. The van der Waals surface area contributed by atoms with Crippen molar-refractivity contribution in [1.29, 1.82) is 5.41 Å². The number of nitrogens with two attached hydrogens (primary N) is 1. The SMILES string of the molecule is CCOc1cccc(Oc2cccnc2C(=N)N)c1. The molecule has 1 aromatic carbocycles. The highest BCUT2D eigenvalue weighted by molar-refractivity contribution is 5.95. The third-order valence-electron chi connectivity index (χ3n) is 2.37. The summed E-state index contributed by atoms with van der Waals surface area (Å²) < 4.78 is 11.1. The maximum atomic E-state index is 7.46. The van der Waals surface area contributed by atoms with Gasteiger partial charge in [-0.2, -0.15) is 0 Å². The van der Waals surface area contributed by atoms with Crippen LogP contribution in [0.25, 0.3) is 0 Å². The Morgan fingerprint density at radius 1 is 1.26 bits per heavy atom. The molecule has 0 atom stereocenters. The van der Waals surface area contributed by atoms with Crippen molar-refractivity contribution >= 4 is 5.84 Å². The number of hydrogen-bond donors (Lipinski definition) is 2. The molecule has 5 nitrogen and oxygen atoms in total. The normalized spacial score (nSPS) is 9.95. The molecule has 2 rings (SSSR count). The molecule has 0 spiro atoms. The lowest BCUT2D eigenvalue weighted by atomic mass is 10.3. The molecule has 0 bridgehead atoms. The van der Waals surface area contributed by atoms with Gasteiger partial charge >= 0.3 is 0 Å². The van der Waals surface area contributed by atoms with Gasteiger partial charge in [-0.1, -0.05) is 6.07 Å². The first-order valence-electron chi connectivity index (χ1n) is 5.91. The zero-order valence-corrected chi connectivity index (χ0v) is 10.6. The largest absolute Gasteiger partial charge is 0.494 e. The number of rotatable bonds is 5. The smallest absolute Gasteiger partial charge is 0.156 e. The first kappa shape index (κ1) is 12.9. The standard InChI is InChI=1S/C14H15N3O2/c1-2-18-10-5-3-6-11(9-10)19-12-7-4-8-17-13(12)14(15)16/h3-9H,2H2,1H3,(H3,15,16). The highest BCUT2D eigenvalue weighted by atomic mass is 16.5. The van der Waals surface area contributed by atoms with Crippen LogP contribution in [0.4, 0.5) is 0 Å². The highest BCUT2D eigenvalue weighted by Gasteiger charge is 2.08. The van der Waals surface area contributed by atoms with Crippen LogP contribution in [0.5, 0.6) is 17.2 Å². The monoisotopic (exact) mass is 257 g/mol. The average molecular weight is 257 g/mol. The van der Waals surface area contributed by atoms with Gasteiger partial charge in [0.25, 0.3) is 0 Å². The number of pyridine rings is 1. The Morgan fingerprint density at radius 2 is 2.05 bits per heavy atom. The summed E-state index contributed by atoms with van der Waals surface area (Å²) in [6, 6.07) is 10.7. The highest BCUT2D eigenvalue weighted by Crippen LogP contribution is 2.26. The van der Waals surface area contributed by atoms with Crippen molar-refractivity contribution in [2.45, 2.75) is 6.92 Å². The number of benzene rings is 1. The molecule has 0 saturated heterocycles. The van der Waals surface area contributed by atoms with Gasteiger partial charge in [-0.05, 0) is 31.2 Å². The lowest BCUT2D eigenvalue weighted by Gasteiger charge is -2.10. The number of nitrogens with zero attached hydrogens (tertiary/aromatic N) is 1. The molecule has 1 heterocycles. The van der Waals surface area contributed by atoms with Crippen LogP contribution in [-0.4, -0.2) is 17.4 Å². The molecular weight excluding hydrogens is 242 g/mol. The van der Waals surface area contributed by atoms with Crippen molar-refractivity contribution in [3.63, 3.8) is 0 Å². The minimum atomic E-state index is -0.128. The Hall–Kier alpha value is -2.56. The van der Waals surface area contributed by atoms with Gasteiger partial charge in [-0.3, -0.25) is 5.41 Å². The van der Waals surface area contributed by atoms with Gasteiger partial charge in [0.2, 0.25) is 0 Å². The fourth-order valence-electron chi connectivity index (χ4n) is 1.60. The second kappa shape index (κ2) is 5.86. The van der Waals surface area contributed by atoms with Crippen molar-refractivity contribution in [2.75, 3.05) is 6.61 Å². The van der Waals surface area contributed by atoms with Gasteiger partial charge in [-0.25, -0.2) is 4.98 Å². The second-order valence-electron chi connectivity index (χ2n) is 3.77. The van der Waals surface area contributed by atoms with E-state index in [1.54, 1.807) is 30.5 Å². The van der Waals surface area contributed by atoms with Crippen LogP contribution < -0.4 is 15.2 Å². The topological polar surface area (TPSA) is 81.2 Å². The van der Waals surface area contributed by atoms with Crippen LogP contribution >= 0.6 is 0 Å². The van der Waals surface area contributed by atoms with Crippen LogP contribution in [-0.2, 0) is 0 Å². The van der Waals surface area contributed by atoms with E-state index in [9.17, 15) is 0 Å². The zero-order chi connectivity index (χ0) is 13.7. The summed E-state index contributed by atoms with van der Waals surface area (Å²) in [6.07, 6.45) is 1.57. The number of aromatic nitrogens is 1. The average Bonchev–Trinajstić information content (AvgIpc) is 2.40. The Kier molecular flexibility index (Phi) is 3.97. The Labute approximate surface area is 111 Å². The molecule has 98 valence electrons. The summed E-state index contributed by atoms with van der Waals surface area (Å²) in [5.74, 6) is 1.66. The Morgan fingerprint density at radius 3 is 2.79 bits per heavy atom. The van der Waals surface area contributed by atoms with Gasteiger partial charge in [0.15, 0.2) is 5.75 Å². The molecule has 0 radical (unpaired) electrons.